The Morgan fingerprint density at radius 3 is 2.41 bits per heavy atom. The summed E-state index contributed by atoms with van der Waals surface area (Å²) in [4.78, 5) is 23.7. The first kappa shape index (κ1) is 13.7. The van der Waals surface area contributed by atoms with Crippen LogP contribution in [0.5, 0.6) is 0 Å². The van der Waals surface area contributed by atoms with E-state index < -0.39 is 29.9 Å². The summed E-state index contributed by atoms with van der Waals surface area (Å²) in [6.07, 6.45) is -1.68. The van der Waals surface area contributed by atoms with Gasteiger partial charge in [-0.2, -0.15) is 0 Å². The van der Waals surface area contributed by atoms with Crippen molar-refractivity contribution in [1.29, 1.82) is 0 Å². The molecule has 0 aliphatic carbocycles. The molecule has 1 saturated heterocycles. The Kier molecular flexibility index (Phi) is 3.94. The minimum absolute atomic E-state index is 0.0126. The Morgan fingerprint density at radius 1 is 1.35 bits per heavy atom. The summed E-state index contributed by atoms with van der Waals surface area (Å²) in [7, 11) is 0. The molecule has 1 aliphatic rings. The van der Waals surface area contributed by atoms with Crippen molar-refractivity contribution in [2.45, 2.75) is 38.6 Å². The molecule has 1 aliphatic heterocycles. The van der Waals surface area contributed by atoms with E-state index in [0.29, 0.717) is 0 Å². The third-order valence-corrected chi connectivity index (χ3v) is 2.14. The second-order valence-corrected chi connectivity index (χ2v) is 4.96. The molecular formula is C10H18N2O5. The van der Waals surface area contributed by atoms with Crippen LogP contribution in [0.1, 0.15) is 20.8 Å². The number of hydrogen-bond acceptors (Lipinski definition) is 5. The van der Waals surface area contributed by atoms with Crippen LogP contribution in [0.25, 0.3) is 0 Å². The van der Waals surface area contributed by atoms with Gasteiger partial charge in [-0.15, -0.1) is 0 Å². The van der Waals surface area contributed by atoms with E-state index in [1.807, 2.05) is 0 Å². The largest absolute Gasteiger partial charge is 0.480 e. The molecule has 17 heavy (non-hydrogen) atoms. The van der Waals surface area contributed by atoms with E-state index in [2.05, 4.69) is 5.32 Å². The first-order chi connectivity index (χ1) is 7.69. The number of aliphatic hydroxyl groups is 1. The number of carboxylic acid groups (broad SMARTS) is 1. The highest BCUT2D eigenvalue weighted by molar-refractivity contribution is 5.76. The normalized spacial score (nSPS) is 25.5. The van der Waals surface area contributed by atoms with E-state index in [-0.39, 0.29) is 13.1 Å². The number of carbonyl (C=O) groups is 2. The average molecular weight is 246 g/mol. The summed E-state index contributed by atoms with van der Waals surface area (Å²) in [5.74, 6) is -1.11. The van der Waals surface area contributed by atoms with Crippen LogP contribution >= 0.6 is 0 Å². The van der Waals surface area contributed by atoms with Crippen molar-refractivity contribution in [3.63, 3.8) is 0 Å². The van der Waals surface area contributed by atoms with Crippen LogP contribution in [0.3, 0.4) is 0 Å². The number of hydrogen-bond donors (Lipinski definition) is 3. The molecule has 3 N–H and O–H groups in total. The van der Waals surface area contributed by atoms with Crippen molar-refractivity contribution in [2.24, 2.45) is 0 Å². The fourth-order valence-electron chi connectivity index (χ4n) is 1.47. The Morgan fingerprint density at radius 2 is 1.94 bits per heavy atom. The highest BCUT2D eigenvalue weighted by atomic mass is 16.6. The van der Waals surface area contributed by atoms with Crippen molar-refractivity contribution in [1.82, 2.24) is 10.2 Å². The topological polar surface area (TPSA) is 99.1 Å². The number of rotatable bonds is 1. The summed E-state index contributed by atoms with van der Waals surface area (Å²) >= 11 is 0. The van der Waals surface area contributed by atoms with Crippen LogP contribution in [0.2, 0.25) is 0 Å². The number of aliphatic carboxylic acids is 1. The lowest BCUT2D eigenvalue weighted by molar-refractivity contribution is -0.142. The average Bonchev–Trinajstić information content (AvgIpc) is 2.13. The molecule has 0 radical (unpaired) electrons. The number of ether oxygens (including phenoxy) is 1. The lowest BCUT2D eigenvalue weighted by atomic mass is 10.2. The van der Waals surface area contributed by atoms with E-state index in [4.69, 9.17) is 9.84 Å². The molecule has 0 aromatic carbocycles. The molecule has 7 nitrogen and oxygen atoms in total. The predicted molar refractivity (Wildman–Crippen MR) is 58.4 cm³/mol. The molecule has 2 unspecified atom stereocenters. The van der Waals surface area contributed by atoms with Crippen LogP contribution < -0.4 is 5.32 Å². The van der Waals surface area contributed by atoms with Gasteiger partial charge in [-0.25, -0.2) is 4.79 Å². The number of amides is 1. The number of nitrogens with one attached hydrogen (secondary N) is 1. The molecule has 1 amide bonds. The van der Waals surface area contributed by atoms with Gasteiger partial charge in [0.05, 0.1) is 13.1 Å². The summed E-state index contributed by atoms with van der Waals surface area (Å²) in [6, 6.07) is -0.980. The minimum atomic E-state index is -1.11. The SMILES string of the molecule is CC(C)(C)OC(=O)N1CC(O)NC(C(=O)O)C1. The zero-order chi connectivity index (χ0) is 13.2. The lowest BCUT2D eigenvalue weighted by Crippen LogP contribution is -2.61. The van der Waals surface area contributed by atoms with Crippen LogP contribution in [0.4, 0.5) is 4.79 Å². The molecule has 0 aromatic rings. The van der Waals surface area contributed by atoms with Crippen molar-refractivity contribution in [3.8, 4) is 0 Å². The molecule has 98 valence electrons. The summed E-state index contributed by atoms with van der Waals surface area (Å²) < 4.78 is 5.11. The molecule has 1 heterocycles. The summed E-state index contributed by atoms with van der Waals surface area (Å²) in [6.45, 7) is 5.15. The van der Waals surface area contributed by atoms with E-state index in [1.54, 1.807) is 20.8 Å². The third-order valence-electron chi connectivity index (χ3n) is 2.14. The second kappa shape index (κ2) is 4.89. The Balaban J connectivity index is 2.64. The summed E-state index contributed by atoms with van der Waals surface area (Å²) in [5.41, 5.74) is -0.647. The fraction of sp³-hybridized carbons (Fsp3) is 0.800. The van der Waals surface area contributed by atoms with Gasteiger partial charge in [0.2, 0.25) is 0 Å². The smallest absolute Gasteiger partial charge is 0.410 e. The number of nitrogens with zero attached hydrogens (tertiary/aromatic N) is 1. The zero-order valence-electron chi connectivity index (χ0n) is 10.1. The Hall–Kier alpha value is -1.34. The van der Waals surface area contributed by atoms with E-state index >= 15 is 0 Å². The van der Waals surface area contributed by atoms with Crippen LogP contribution in [-0.2, 0) is 9.53 Å². The number of piperazine rings is 1. The second-order valence-electron chi connectivity index (χ2n) is 4.96. The van der Waals surface area contributed by atoms with Crippen molar-refractivity contribution < 1.29 is 24.5 Å². The van der Waals surface area contributed by atoms with E-state index in [1.165, 1.54) is 4.90 Å². The van der Waals surface area contributed by atoms with Crippen LogP contribution in [0.15, 0.2) is 0 Å². The third kappa shape index (κ3) is 4.20. The van der Waals surface area contributed by atoms with Gasteiger partial charge in [-0.1, -0.05) is 0 Å². The zero-order valence-corrected chi connectivity index (χ0v) is 10.1. The van der Waals surface area contributed by atoms with Crippen molar-refractivity contribution >= 4 is 12.1 Å². The molecule has 0 bridgehead atoms. The quantitative estimate of drug-likeness (QED) is 0.582. The Bertz CT molecular complexity index is 312. The minimum Gasteiger partial charge on any atom is -0.480 e. The van der Waals surface area contributed by atoms with Gasteiger partial charge in [0, 0.05) is 0 Å². The van der Waals surface area contributed by atoms with Gasteiger partial charge < -0.3 is 19.8 Å². The molecule has 0 saturated carbocycles. The molecule has 2 atom stereocenters. The Labute approximate surface area is 99.4 Å². The van der Waals surface area contributed by atoms with Crippen molar-refractivity contribution in [3.05, 3.63) is 0 Å². The maximum atomic E-state index is 11.7. The first-order valence-corrected chi connectivity index (χ1v) is 5.34. The monoisotopic (exact) mass is 246 g/mol. The highest BCUT2D eigenvalue weighted by Crippen LogP contribution is 2.12. The first-order valence-electron chi connectivity index (χ1n) is 5.34. The molecule has 0 spiro atoms. The predicted octanol–water partition coefficient (Wildman–Crippen LogP) is -0.402. The van der Waals surface area contributed by atoms with Crippen LogP contribution in [-0.4, -0.2) is 58.1 Å². The molecule has 1 fully saturated rings. The molecular weight excluding hydrogens is 228 g/mol. The highest BCUT2D eigenvalue weighted by Gasteiger charge is 2.34. The van der Waals surface area contributed by atoms with Gasteiger partial charge in [0.1, 0.15) is 17.9 Å². The van der Waals surface area contributed by atoms with E-state index in [0.717, 1.165) is 0 Å². The van der Waals surface area contributed by atoms with Gasteiger partial charge >= 0.3 is 12.1 Å². The van der Waals surface area contributed by atoms with Crippen molar-refractivity contribution in [2.75, 3.05) is 13.1 Å². The van der Waals surface area contributed by atoms with Gasteiger partial charge in [-0.3, -0.25) is 10.1 Å². The molecule has 7 heteroatoms. The fourth-order valence-corrected chi connectivity index (χ4v) is 1.47. The van der Waals surface area contributed by atoms with Crippen LogP contribution in [0, 0.1) is 0 Å². The van der Waals surface area contributed by atoms with Gasteiger partial charge in [-0.05, 0) is 20.8 Å². The number of carbonyl (C=O) groups excluding carboxylic acids is 1. The maximum absolute atomic E-state index is 11.7. The number of carboxylic acids is 1. The standard InChI is InChI=1S/C10H18N2O5/c1-10(2,3)17-9(16)12-4-6(8(14)15)11-7(13)5-12/h6-7,11,13H,4-5H2,1-3H3,(H,14,15). The number of aliphatic hydroxyl groups excluding tert-OH is 1. The summed E-state index contributed by atoms with van der Waals surface area (Å²) in [5, 5.41) is 20.7. The molecule has 0 aromatic heterocycles. The lowest BCUT2D eigenvalue weighted by Gasteiger charge is -2.35. The van der Waals surface area contributed by atoms with Gasteiger partial charge in [0.25, 0.3) is 0 Å². The number of β-amino-alcohol motifs (C(OH)–C–C–N with tert-alkyl or cyclic N) is 1. The van der Waals surface area contributed by atoms with E-state index in [9.17, 15) is 14.7 Å². The molecule has 1 rings (SSSR count). The maximum Gasteiger partial charge on any atom is 0.410 e. The van der Waals surface area contributed by atoms with Gasteiger partial charge in [0.15, 0.2) is 0 Å².